The summed E-state index contributed by atoms with van der Waals surface area (Å²) in [6.45, 7) is 5.11. The van der Waals surface area contributed by atoms with E-state index in [2.05, 4.69) is 22.2 Å². The molecule has 1 aliphatic carbocycles. The van der Waals surface area contributed by atoms with Gasteiger partial charge in [0, 0.05) is 49.3 Å². The molecule has 1 atom stereocenters. The lowest BCUT2D eigenvalue weighted by molar-refractivity contribution is 0.0237. The molecular formula is C25H34N4O4. The maximum absolute atomic E-state index is 6.27. The highest BCUT2D eigenvalue weighted by molar-refractivity contribution is 5.68. The van der Waals surface area contributed by atoms with Crippen LogP contribution in [-0.4, -0.2) is 59.6 Å². The summed E-state index contributed by atoms with van der Waals surface area (Å²) in [7, 11) is 0. The second-order valence-corrected chi connectivity index (χ2v) is 9.43. The first-order valence-corrected chi connectivity index (χ1v) is 12.3. The number of anilines is 1. The Bertz CT molecular complexity index is 890. The van der Waals surface area contributed by atoms with Crippen molar-refractivity contribution in [2.24, 2.45) is 5.92 Å². The Morgan fingerprint density at radius 2 is 1.64 bits per heavy atom. The van der Waals surface area contributed by atoms with Crippen molar-refractivity contribution in [1.29, 1.82) is 0 Å². The summed E-state index contributed by atoms with van der Waals surface area (Å²) in [6, 6.07) is 4.31. The van der Waals surface area contributed by atoms with Gasteiger partial charge in [-0.1, -0.05) is 6.92 Å². The second kappa shape index (κ2) is 10.7. The number of rotatable bonds is 7. The van der Waals surface area contributed by atoms with Gasteiger partial charge in [0.05, 0.1) is 32.0 Å². The molecule has 8 heteroatoms. The Balaban J connectivity index is 1.32. The van der Waals surface area contributed by atoms with Crippen LogP contribution in [0.25, 0.3) is 11.1 Å². The summed E-state index contributed by atoms with van der Waals surface area (Å²) in [4.78, 5) is 13.9. The third-order valence-electron chi connectivity index (χ3n) is 6.77. The molecule has 4 heterocycles. The average Bonchev–Trinajstić information content (AvgIpc) is 3.35. The van der Waals surface area contributed by atoms with Gasteiger partial charge in [-0.05, 0) is 37.7 Å². The molecule has 0 aromatic carbocycles. The Labute approximate surface area is 195 Å². The van der Waals surface area contributed by atoms with E-state index in [9.17, 15) is 0 Å². The number of nitrogens with one attached hydrogen (secondary N) is 1. The van der Waals surface area contributed by atoms with Crippen LogP contribution in [0.3, 0.4) is 0 Å². The SMILES string of the molecule is CC1CCC(Nc2ncc(-c3ccc(OC4CCOCC4)nc3)c(O[C@@H]3CCOC3)n2)CC1. The smallest absolute Gasteiger partial charge is 0.226 e. The Hall–Kier alpha value is -2.45. The predicted molar refractivity (Wildman–Crippen MR) is 125 cm³/mol. The molecule has 0 spiro atoms. The minimum absolute atomic E-state index is 0.00566. The van der Waals surface area contributed by atoms with Crippen LogP contribution in [0.5, 0.6) is 11.8 Å². The molecular weight excluding hydrogens is 420 g/mol. The first-order chi connectivity index (χ1) is 16.2. The third kappa shape index (κ3) is 5.92. The van der Waals surface area contributed by atoms with E-state index in [0.717, 1.165) is 69.0 Å². The predicted octanol–water partition coefficient (Wildman–Crippen LogP) is 4.25. The fraction of sp³-hybridized carbons (Fsp3) is 0.640. The molecule has 0 radical (unpaired) electrons. The van der Waals surface area contributed by atoms with Crippen molar-refractivity contribution in [1.82, 2.24) is 15.0 Å². The minimum Gasteiger partial charge on any atom is -0.474 e. The van der Waals surface area contributed by atoms with Crippen molar-refractivity contribution in [3.8, 4) is 22.9 Å². The lowest BCUT2D eigenvalue weighted by Gasteiger charge is -2.27. The molecule has 2 aromatic heterocycles. The standard InChI is InChI=1S/C25H34N4O4/c1-17-2-5-19(6-3-17)28-25-27-15-22(24(29-25)33-21-10-13-31-16-21)18-4-7-23(26-14-18)32-20-8-11-30-12-9-20/h4,7,14-15,17,19-21H,2-3,5-6,8-13,16H2,1H3,(H,27,28,29)/t17?,19?,21-/m1/s1. The molecule has 3 aliphatic rings. The van der Waals surface area contributed by atoms with Crippen molar-refractivity contribution in [3.63, 3.8) is 0 Å². The highest BCUT2D eigenvalue weighted by Crippen LogP contribution is 2.32. The van der Waals surface area contributed by atoms with Crippen molar-refractivity contribution in [3.05, 3.63) is 24.5 Å². The van der Waals surface area contributed by atoms with E-state index in [4.69, 9.17) is 23.9 Å². The first-order valence-electron chi connectivity index (χ1n) is 12.3. The molecule has 5 rings (SSSR count). The quantitative estimate of drug-likeness (QED) is 0.664. The molecule has 0 amide bonds. The summed E-state index contributed by atoms with van der Waals surface area (Å²) in [5.41, 5.74) is 1.73. The number of pyridine rings is 1. The van der Waals surface area contributed by atoms with E-state index >= 15 is 0 Å². The largest absolute Gasteiger partial charge is 0.474 e. The summed E-state index contributed by atoms with van der Waals surface area (Å²) in [6.07, 6.45) is 11.3. The number of nitrogens with zero attached hydrogens (tertiary/aromatic N) is 3. The van der Waals surface area contributed by atoms with E-state index in [1.165, 1.54) is 12.8 Å². The Morgan fingerprint density at radius 1 is 0.848 bits per heavy atom. The zero-order chi connectivity index (χ0) is 22.5. The van der Waals surface area contributed by atoms with Gasteiger partial charge in [0.2, 0.25) is 17.7 Å². The number of hydrogen-bond acceptors (Lipinski definition) is 8. The minimum atomic E-state index is 0.00566. The van der Waals surface area contributed by atoms with Crippen LogP contribution >= 0.6 is 0 Å². The molecule has 2 aliphatic heterocycles. The molecule has 1 saturated carbocycles. The fourth-order valence-electron chi connectivity index (χ4n) is 4.65. The maximum atomic E-state index is 6.27. The Morgan fingerprint density at radius 3 is 2.36 bits per heavy atom. The fourth-order valence-corrected chi connectivity index (χ4v) is 4.65. The van der Waals surface area contributed by atoms with Crippen molar-refractivity contribution in [2.45, 2.75) is 70.1 Å². The van der Waals surface area contributed by atoms with Gasteiger partial charge in [-0.15, -0.1) is 0 Å². The highest BCUT2D eigenvalue weighted by Gasteiger charge is 2.23. The zero-order valence-corrected chi connectivity index (χ0v) is 19.4. The normalized spacial score (nSPS) is 26.2. The van der Waals surface area contributed by atoms with Crippen LogP contribution in [0.1, 0.15) is 51.9 Å². The van der Waals surface area contributed by atoms with Gasteiger partial charge in [0.25, 0.3) is 0 Å². The number of ether oxygens (including phenoxy) is 4. The lowest BCUT2D eigenvalue weighted by Crippen LogP contribution is -2.26. The van der Waals surface area contributed by atoms with Crippen LogP contribution in [-0.2, 0) is 9.47 Å². The van der Waals surface area contributed by atoms with Gasteiger partial charge >= 0.3 is 0 Å². The summed E-state index contributed by atoms with van der Waals surface area (Å²) < 4.78 is 23.2. The first kappa shape index (κ1) is 22.3. The van der Waals surface area contributed by atoms with Crippen molar-refractivity contribution >= 4 is 5.95 Å². The third-order valence-corrected chi connectivity index (χ3v) is 6.77. The molecule has 1 N–H and O–H groups in total. The van der Waals surface area contributed by atoms with Gasteiger partial charge in [-0.3, -0.25) is 0 Å². The molecule has 3 fully saturated rings. The molecule has 2 saturated heterocycles. The van der Waals surface area contributed by atoms with Crippen LogP contribution in [0.15, 0.2) is 24.5 Å². The molecule has 2 aromatic rings. The van der Waals surface area contributed by atoms with Gasteiger partial charge in [-0.2, -0.15) is 4.98 Å². The molecule has 0 bridgehead atoms. The van der Waals surface area contributed by atoms with Crippen LogP contribution in [0.4, 0.5) is 5.95 Å². The topological polar surface area (TPSA) is 87.6 Å². The highest BCUT2D eigenvalue weighted by atomic mass is 16.5. The summed E-state index contributed by atoms with van der Waals surface area (Å²) >= 11 is 0. The lowest BCUT2D eigenvalue weighted by atomic mass is 9.87. The van der Waals surface area contributed by atoms with E-state index in [1.807, 2.05) is 18.3 Å². The van der Waals surface area contributed by atoms with E-state index in [1.54, 1.807) is 6.20 Å². The second-order valence-electron chi connectivity index (χ2n) is 9.43. The van der Waals surface area contributed by atoms with Crippen molar-refractivity contribution < 1.29 is 18.9 Å². The van der Waals surface area contributed by atoms with E-state index < -0.39 is 0 Å². The monoisotopic (exact) mass is 454 g/mol. The average molecular weight is 455 g/mol. The van der Waals surface area contributed by atoms with Crippen molar-refractivity contribution in [2.75, 3.05) is 31.7 Å². The van der Waals surface area contributed by atoms with Crippen LogP contribution < -0.4 is 14.8 Å². The molecule has 33 heavy (non-hydrogen) atoms. The summed E-state index contributed by atoms with van der Waals surface area (Å²) in [5.74, 6) is 2.63. The van der Waals surface area contributed by atoms with Gasteiger partial charge in [0.1, 0.15) is 12.2 Å². The van der Waals surface area contributed by atoms with Crippen LogP contribution in [0, 0.1) is 5.92 Å². The van der Waals surface area contributed by atoms with Crippen LogP contribution in [0.2, 0.25) is 0 Å². The zero-order valence-electron chi connectivity index (χ0n) is 19.4. The number of aromatic nitrogens is 3. The Kier molecular flexibility index (Phi) is 7.21. The van der Waals surface area contributed by atoms with Gasteiger partial charge in [-0.25, -0.2) is 9.97 Å². The summed E-state index contributed by atoms with van der Waals surface area (Å²) in [5, 5.41) is 3.52. The van der Waals surface area contributed by atoms with E-state index in [-0.39, 0.29) is 12.2 Å². The molecule has 178 valence electrons. The van der Waals surface area contributed by atoms with Gasteiger partial charge < -0.3 is 24.3 Å². The molecule has 0 unspecified atom stereocenters. The molecule has 8 nitrogen and oxygen atoms in total. The van der Waals surface area contributed by atoms with E-state index in [0.29, 0.717) is 30.4 Å². The van der Waals surface area contributed by atoms with Gasteiger partial charge in [0.15, 0.2) is 0 Å². The number of hydrogen-bond donors (Lipinski definition) is 1. The maximum Gasteiger partial charge on any atom is 0.226 e.